The first-order valence-corrected chi connectivity index (χ1v) is 15.6. The summed E-state index contributed by atoms with van der Waals surface area (Å²) in [6.07, 6.45) is 6.03. The minimum absolute atomic E-state index is 0.105. The number of benzene rings is 1. The summed E-state index contributed by atoms with van der Waals surface area (Å²) in [4.78, 5) is 31.5. The fraction of sp³-hybridized carbons (Fsp3) is 0.333. The Bertz CT molecular complexity index is 1810. The second kappa shape index (κ2) is 10.5. The first kappa shape index (κ1) is 26.6. The number of amides is 1. The molecule has 1 aliphatic carbocycles. The zero-order chi connectivity index (χ0) is 28.8. The van der Waals surface area contributed by atoms with E-state index >= 15 is 0 Å². The second-order valence-corrected chi connectivity index (χ2v) is 12.8. The van der Waals surface area contributed by atoms with E-state index < -0.39 is 9.84 Å². The molecule has 3 aliphatic rings. The van der Waals surface area contributed by atoms with Crippen LogP contribution in [0.2, 0.25) is 0 Å². The molecule has 11 nitrogen and oxygen atoms in total. The number of anilines is 3. The van der Waals surface area contributed by atoms with Gasteiger partial charge in [0, 0.05) is 36.3 Å². The molecule has 0 saturated heterocycles. The third-order valence-electron chi connectivity index (χ3n) is 7.89. The number of sulfone groups is 1. The van der Waals surface area contributed by atoms with Gasteiger partial charge >= 0.3 is 0 Å². The molecular formula is C30H30N6O5S. The van der Waals surface area contributed by atoms with Crippen molar-refractivity contribution >= 4 is 44.0 Å². The Labute approximate surface area is 243 Å². The van der Waals surface area contributed by atoms with E-state index in [0.29, 0.717) is 30.5 Å². The maximum atomic E-state index is 12.9. The number of rotatable bonds is 6. The lowest BCUT2D eigenvalue weighted by Crippen LogP contribution is -2.30. The molecule has 4 aromatic rings. The first-order chi connectivity index (χ1) is 20.4. The predicted octanol–water partition coefficient (Wildman–Crippen LogP) is 3.39. The van der Waals surface area contributed by atoms with E-state index in [1.807, 2.05) is 30.5 Å². The highest BCUT2D eigenvalue weighted by molar-refractivity contribution is 7.91. The summed E-state index contributed by atoms with van der Waals surface area (Å²) in [5.74, 6) is 1.73. The summed E-state index contributed by atoms with van der Waals surface area (Å²) in [5.41, 5.74) is 3.24. The van der Waals surface area contributed by atoms with Gasteiger partial charge in [-0.2, -0.15) is 0 Å². The van der Waals surface area contributed by atoms with E-state index in [-0.39, 0.29) is 41.9 Å². The standard InChI is InChI=1S/C30H30N6O5S/c1-35(23-5-6-23)24-14-26-29(32-17-24)36(8-9-41-26)28-7-4-20-15-31-22(13-25(20)34-28)16-33-30(37)19-2-3-21-18-40-10-11-42(38,39)27(21)12-19/h2-4,7,12-15,17,23H,5-6,8-11,16,18H2,1H3,(H,33,37). The fourth-order valence-corrected chi connectivity index (χ4v) is 6.70. The van der Waals surface area contributed by atoms with Crippen molar-refractivity contribution in [1.82, 2.24) is 20.3 Å². The van der Waals surface area contributed by atoms with Crippen molar-refractivity contribution in [1.29, 1.82) is 0 Å². The van der Waals surface area contributed by atoms with Crippen molar-refractivity contribution in [2.45, 2.75) is 36.9 Å². The summed E-state index contributed by atoms with van der Waals surface area (Å²) in [5, 5.41) is 3.72. The van der Waals surface area contributed by atoms with Gasteiger partial charge in [-0.05, 0) is 48.7 Å². The molecule has 1 saturated carbocycles. The molecule has 3 aromatic heterocycles. The van der Waals surface area contributed by atoms with Gasteiger partial charge < -0.3 is 24.6 Å². The van der Waals surface area contributed by atoms with Gasteiger partial charge in [0.1, 0.15) is 12.4 Å². The van der Waals surface area contributed by atoms with Crippen LogP contribution in [0.4, 0.5) is 17.3 Å². The predicted molar refractivity (Wildman–Crippen MR) is 157 cm³/mol. The zero-order valence-corrected chi connectivity index (χ0v) is 23.9. The van der Waals surface area contributed by atoms with Crippen LogP contribution in [0.25, 0.3) is 10.9 Å². The van der Waals surface area contributed by atoms with Crippen LogP contribution < -0.4 is 19.9 Å². The van der Waals surface area contributed by atoms with Crippen molar-refractivity contribution in [2.24, 2.45) is 0 Å². The topological polar surface area (TPSA) is 127 Å². The molecule has 5 heterocycles. The molecule has 216 valence electrons. The molecule has 1 N–H and O–H groups in total. The van der Waals surface area contributed by atoms with Crippen LogP contribution in [0.3, 0.4) is 0 Å². The molecular weight excluding hydrogens is 556 g/mol. The molecule has 1 aromatic carbocycles. The van der Waals surface area contributed by atoms with Gasteiger partial charge in [-0.25, -0.2) is 18.4 Å². The minimum Gasteiger partial charge on any atom is -0.488 e. The lowest BCUT2D eigenvalue weighted by molar-refractivity contribution is 0.0950. The second-order valence-electron chi connectivity index (χ2n) is 10.8. The monoisotopic (exact) mass is 586 g/mol. The average molecular weight is 587 g/mol. The Morgan fingerprint density at radius 3 is 2.83 bits per heavy atom. The van der Waals surface area contributed by atoms with Gasteiger partial charge in [0.15, 0.2) is 21.4 Å². The minimum atomic E-state index is -3.51. The number of nitrogens with one attached hydrogen (secondary N) is 1. The van der Waals surface area contributed by atoms with Gasteiger partial charge in [-0.3, -0.25) is 9.78 Å². The maximum absolute atomic E-state index is 12.9. The Morgan fingerprint density at radius 1 is 1.10 bits per heavy atom. The SMILES string of the molecule is CN(c1cnc2c(c1)OCCN2c1ccc2cnc(CNC(=O)c3ccc4c(c3)S(=O)(=O)CCOC4)cc2n1)C1CC1. The largest absolute Gasteiger partial charge is 0.488 e. The number of fused-ring (bicyclic) bond motifs is 3. The number of pyridine rings is 3. The van der Waals surface area contributed by atoms with E-state index in [0.717, 1.165) is 34.0 Å². The molecule has 2 aliphatic heterocycles. The van der Waals surface area contributed by atoms with Crippen LogP contribution in [-0.4, -0.2) is 67.9 Å². The summed E-state index contributed by atoms with van der Waals surface area (Å²) < 4.78 is 36.6. The third kappa shape index (κ3) is 5.12. The molecule has 42 heavy (non-hydrogen) atoms. The summed E-state index contributed by atoms with van der Waals surface area (Å²) >= 11 is 0. The van der Waals surface area contributed by atoms with Gasteiger partial charge in [0.2, 0.25) is 0 Å². The van der Waals surface area contributed by atoms with Crippen LogP contribution in [0.5, 0.6) is 5.75 Å². The van der Waals surface area contributed by atoms with Crippen molar-refractivity contribution < 1.29 is 22.7 Å². The molecule has 0 unspecified atom stereocenters. The first-order valence-electron chi connectivity index (χ1n) is 14.0. The normalized spacial score (nSPS) is 17.5. The number of aromatic nitrogens is 3. The smallest absolute Gasteiger partial charge is 0.251 e. The molecule has 1 fully saturated rings. The number of nitrogens with zero attached hydrogens (tertiary/aromatic N) is 5. The van der Waals surface area contributed by atoms with Crippen molar-refractivity contribution in [3.63, 3.8) is 0 Å². The summed E-state index contributed by atoms with van der Waals surface area (Å²) in [7, 11) is -1.42. The molecule has 12 heteroatoms. The van der Waals surface area contributed by atoms with E-state index in [2.05, 4.69) is 27.1 Å². The lowest BCUT2D eigenvalue weighted by Gasteiger charge is -2.30. The van der Waals surface area contributed by atoms with Crippen LogP contribution >= 0.6 is 0 Å². The highest BCUT2D eigenvalue weighted by atomic mass is 32.2. The quantitative estimate of drug-likeness (QED) is 0.359. The van der Waals surface area contributed by atoms with Gasteiger partial charge in [0.25, 0.3) is 5.91 Å². The maximum Gasteiger partial charge on any atom is 0.251 e. The molecule has 0 bridgehead atoms. The molecule has 7 rings (SSSR count). The summed E-state index contributed by atoms with van der Waals surface area (Å²) in [6, 6.07) is 13.1. The highest BCUT2D eigenvalue weighted by Crippen LogP contribution is 2.38. The highest BCUT2D eigenvalue weighted by Gasteiger charge is 2.29. The Hall–Kier alpha value is -4.29. The number of hydrogen-bond acceptors (Lipinski definition) is 10. The van der Waals surface area contributed by atoms with Gasteiger partial charge in [0.05, 0.1) is 60.0 Å². The van der Waals surface area contributed by atoms with Gasteiger partial charge in [-0.15, -0.1) is 0 Å². The van der Waals surface area contributed by atoms with Crippen molar-refractivity contribution in [3.05, 3.63) is 71.7 Å². The van der Waals surface area contributed by atoms with Crippen molar-refractivity contribution in [3.8, 4) is 5.75 Å². The zero-order valence-electron chi connectivity index (χ0n) is 23.1. The Morgan fingerprint density at radius 2 is 1.98 bits per heavy atom. The van der Waals surface area contributed by atoms with Crippen LogP contribution in [0, 0.1) is 0 Å². The van der Waals surface area contributed by atoms with E-state index in [4.69, 9.17) is 19.4 Å². The number of carbonyl (C=O) groups excluding carboxylic acids is 1. The molecule has 0 radical (unpaired) electrons. The summed E-state index contributed by atoms with van der Waals surface area (Å²) in [6.45, 7) is 1.64. The lowest BCUT2D eigenvalue weighted by atomic mass is 10.1. The van der Waals surface area contributed by atoms with E-state index in [1.54, 1.807) is 18.3 Å². The Kier molecular flexibility index (Phi) is 6.66. The van der Waals surface area contributed by atoms with Gasteiger partial charge in [-0.1, -0.05) is 6.07 Å². The Balaban J connectivity index is 1.09. The third-order valence-corrected chi connectivity index (χ3v) is 9.64. The van der Waals surface area contributed by atoms with E-state index in [1.165, 1.54) is 18.9 Å². The average Bonchev–Trinajstić information content (AvgIpc) is 3.87. The number of ether oxygens (including phenoxy) is 2. The van der Waals surface area contributed by atoms with Crippen molar-refractivity contribution in [2.75, 3.05) is 42.4 Å². The molecule has 1 amide bonds. The van der Waals surface area contributed by atoms with Crippen LogP contribution in [-0.2, 0) is 27.7 Å². The number of carbonyl (C=O) groups is 1. The molecule has 0 atom stereocenters. The van der Waals surface area contributed by atoms with E-state index in [9.17, 15) is 13.2 Å². The van der Waals surface area contributed by atoms with Crippen LogP contribution in [0.15, 0.2) is 59.8 Å². The molecule has 0 spiro atoms. The fourth-order valence-electron chi connectivity index (χ4n) is 5.31. The number of hydrogen-bond donors (Lipinski definition) is 1. The van der Waals surface area contributed by atoms with Crippen LogP contribution in [0.1, 0.15) is 34.5 Å².